The summed E-state index contributed by atoms with van der Waals surface area (Å²) in [6.45, 7) is 2.58. The lowest BCUT2D eigenvalue weighted by atomic mass is 9.81. The lowest BCUT2D eigenvalue weighted by Crippen LogP contribution is -2.44. The highest BCUT2D eigenvalue weighted by Gasteiger charge is 2.34. The number of piperidine rings is 1. The number of aliphatic carboxylic acids is 1. The second kappa shape index (κ2) is 10.6. The van der Waals surface area contributed by atoms with E-state index in [2.05, 4.69) is 9.88 Å². The number of aromatic nitrogens is 1. The molecule has 8 heteroatoms. The number of rotatable bonds is 10. The molecule has 0 amide bonds. The normalized spacial score (nSPS) is 22.7. The monoisotopic (exact) mass is 477 g/mol. The summed E-state index contributed by atoms with van der Waals surface area (Å²) in [5.74, 6) is 0.927. The highest BCUT2D eigenvalue weighted by Crippen LogP contribution is 2.37. The third-order valence-corrected chi connectivity index (χ3v) is 8.39. The lowest BCUT2D eigenvalue weighted by molar-refractivity contribution is -0.146. The molecule has 3 atom stereocenters. The van der Waals surface area contributed by atoms with Crippen LogP contribution in [-0.4, -0.2) is 58.7 Å². The van der Waals surface area contributed by atoms with Crippen LogP contribution in [0.5, 0.6) is 5.75 Å². The average molecular weight is 478 g/mol. The first-order valence-electron chi connectivity index (χ1n) is 11.4. The van der Waals surface area contributed by atoms with Crippen molar-refractivity contribution in [3.63, 3.8) is 0 Å². The maximum Gasteiger partial charge on any atom is 0.308 e. The summed E-state index contributed by atoms with van der Waals surface area (Å²) in [4.78, 5) is 18.7. The van der Waals surface area contributed by atoms with E-state index >= 15 is 0 Å². The molecule has 2 aliphatic rings. The highest BCUT2D eigenvalue weighted by atomic mass is 35.5. The molecule has 3 N–H and O–H groups in total. The number of hydrogen-bond acceptors (Lipinski definition) is 6. The molecular weight excluding hydrogens is 446 g/mol. The van der Waals surface area contributed by atoms with Gasteiger partial charge in [0.25, 0.3) is 0 Å². The number of carboxylic acid groups (broad SMARTS) is 1. The Morgan fingerprint density at radius 3 is 2.94 bits per heavy atom. The number of fused-ring (bicyclic) bond motifs is 1. The third-order valence-electron chi connectivity index (χ3n) is 6.73. The fourth-order valence-corrected chi connectivity index (χ4v) is 6.15. The Kier molecular flexibility index (Phi) is 7.82. The van der Waals surface area contributed by atoms with Crippen molar-refractivity contribution >= 4 is 40.2 Å². The topological polar surface area (TPSA) is 88.7 Å². The number of benzene rings is 1. The molecule has 0 spiro atoms. The molecule has 2 fully saturated rings. The van der Waals surface area contributed by atoms with Gasteiger partial charge in [-0.3, -0.25) is 9.78 Å². The zero-order valence-corrected chi connectivity index (χ0v) is 20.1. The molecule has 1 aromatic carbocycles. The van der Waals surface area contributed by atoms with Crippen molar-refractivity contribution in [2.24, 2.45) is 17.6 Å². The number of halogens is 1. The van der Waals surface area contributed by atoms with Gasteiger partial charge in [-0.15, -0.1) is 0 Å². The number of methoxy groups -OCH3 is 1. The number of hydrogen-bond donors (Lipinski definition) is 2. The molecule has 4 rings (SSSR count). The number of likely N-dealkylation sites (tertiary alicyclic amines) is 1. The van der Waals surface area contributed by atoms with E-state index in [1.807, 2.05) is 30.0 Å². The van der Waals surface area contributed by atoms with Gasteiger partial charge in [-0.05, 0) is 68.3 Å². The standard InChI is InChI=1S/C24H32ClN3O3S/c1-31-16-3-7-22-18(12-16)23(20(25)13-27-22)21(26)6-2-15-8-9-28(14-19(15)24(29)30)10-11-32-17-4-5-17/h3,7,12-13,15,17,19,21H,2,4-6,8-11,14,26H2,1H3,(H,29,30)/t15?,19?,21-/m1/s1. The number of nitrogens with zero attached hydrogens (tertiary/aromatic N) is 2. The van der Waals surface area contributed by atoms with Gasteiger partial charge in [0.05, 0.1) is 23.6 Å². The molecule has 32 heavy (non-hydrogen) atoms. The molecule has 2 aromatic rings. The molecule has 6 nitrogen and oxygen atoms in total. The predicted octanol–water partition coefficient (Wildman–Crippen LogP) is 4.60. The van der Waals surface area contributed by atoms with Crippen LogP contribution in [-0.2, 0) is 4.79 Å². The number of carboxylic acids is 1. The predicted molar refractivity (Wildman–Crippen MR) is 131 cm³/mol. The van der Waals surface area contributed by atoms with Crippen LogP contribution < -0.4 is 10.5 Å². The molecule has 1 aromatic heterocycles. The van der Waals surface area contributed by atoms with Crippen LogP contribution in [0.3, 0.4) is 0 Å². The van der Waals surface area contributed by atoms with Crippen LogP contribution in [0.15, 0.2) is 24.4 Å². The first-order chi connectivity index (χ1) is 15.5. The first-order valence-corrected chi connectivity index (χ1v) is 12.8. The number of pyridine rings is 1. The quantitative estimate of drug-likeness (QED) is 0.517. The van der Waals surface area contributed by atoms with E-state index in [4.69, 9.17) is 22.1 Å². The van der Waals surface area contributed by atoms with Gasteiger partial charge >= 0.3 is 5.97 Å². The molecule has 1 aliphatic heterocycles. The van der Waals surface area contributed by atoms with E-state index in [1.54, 1.807) is 13.3 Å². The zero-order valence-electron chi connectivity index (χ0n) is 18.5. The van der Waals surface area contributed by atoms with Gasteiger partial charge in [-0.25, -0.2) is 0 Å². The Balaban J connectivity index is 1.40. The summed E-state index contributed by atoms with van der Waals surface area (Å²) in [5, 5.41) is 12.1. The molecule has 0 radical (unpaired) electrons. The van der Waals surface area contributed by atoms with Gasteiger partial charge in [-0.2, -0.15) is 11.8 Å². The Morgan fingerprint density at radius 2 is 2.22 bits per heavy atom. The minimum atomic E-state index is -0.694. The number of thioether (sulfide) groups is 1. The van der Waals surface area contributed by atoms with Crippen LogP contribution in [0.4, 0.5) is 0 Å². The Hall–Kier alpha value is -1.54. The van der Waals surface area contributed by atoms with Crippen molar-refractivity contribution in [1.29, 1.82) is 0 Å². The van der Waals surface area contributed by atoms with Crippen LogP contribution in [0.25, 0.3) is 10.9 Å². The van der Waals surface area contributed by atoms with E-state index < -0.39 is 5.97 Å². The number of ether oxygens (including phenoxy) is 1. The van der Waals surface area contributed by atoms with Crippen LogP contribution in [0.1, 0.15) is 43.7 Å². The van der Waals surface area contributed by atoms with Crippen LogP contribution in [0.2, 0.25) is 5.02 Å². The Morgan fingerprint density at radius 1 is 1.41 bits per heavy atom. The Labute approximate surface area is 198 Å². The van der Waals surface area contributed by atoms with Crippen molar-refractivity contribution in [3.05, 3.63) is 35.0 Å². The highest BCUT2D eigenvalue weighted by molar-refractivity contribution is 8.00. The molecule has 1 saturated carbocycles. The number of carbonyl (C=O) groups is 1. The van der Waals surface area contributed by atoms with Gasteiger partial charge in [0.15, 0.2) is 0 Å². The van der Waals surface area contributed by atoms with Gasteiger partial charge in [-0.1, -0.05) is 11.6 Å². The van der Waals surface area contributed by atoms with Crippen molar-refractivity contribution in [3.8, 4) is 5.75 Å². The minimum absolute atomic E-state index is 0.132. The summed E-state index contributed by atoms with van der Waals surface area (Å²) >= 11 is 8.53. The van der Waals surface area contributed by atoms with Gasteiger partial charge in [0.1, 0.15) is 5.75 Å². The maximum absolute atomic E-state index is 12.0. The molecule has 2 unspecified atom stereocenters. The van der Waals surface area contributed by atoms with E-state index in [1.165, 1.54) is 12.8 Å². The van der Waals surface area contributed by atoms with E-state index in [0.717, 1.165) is 59.1 Å². The summed E-state index contributed by atoms with van der Waals surface area (Å²) in [6.07, 6.45) is 6.68. The van der Waals surface area contributed by atoms with Crippen molar-refractivity contribution < 1.29 is 14.6 Å². The molecule has 174 valence electrons. The average Bonchev–Trinajstić information content (AvgIpc) is 3.61. The smallest absolute Gasteiger partial charge is 0.308 e. The molecule has 1 aliphatic carbocycles. The van der Waals surface area contributed by atoms with Crippen LogP contribution >= 0.6 is 23.4 Å². The lowest BCUT2D eigenvalue weighted by Gasteiger charge is -2.37. The molecular formula is C24H32ClN3O3S. The molecule has 1 saturated heterocycles. The molecule has 0 bridgehead atoms. The summed E-state index contributed by atoms with van der Waals surface area (Å²) in [6, 6.07) is 5.40. The first kappa shape index (κ1) is 23.6. The van der Waals surface area contributed by atoms with Gasteiger partial charge in [0.2, 0.25) is 0 Å². The summed E-state index contributed by atoms with van der Waals surface area (Å²) in [5.41, 5.74) is 8.28. The van der Waals surface area contributed by atoms with E-state index in [0.29, 0.717) is 18.0 Å². The maximum atomic E-state index is 12.0. The largest absolute Gasteiger partial charge is 0.497 e. The minimum Gasteiger partial charge on any atom is -0.497 e. The zero-order chi connectivity index (χ0) is 22.7. The third kappa shape index (κ3) is 5.68. The van der Waals surface area contributed by atoms with Gasteiger partial charge < -0.3 is 20.5 Å². The van der Waals surface area contributed by atoms with Crippen molar-refractivity contribution in [2.75, 3.05) is 32.5 Å². The second-order valence-corrected chi connectivity index (χ2v) is 10.8. The van der Waals surface area contributed by atoms with E-state index in [9.17, 15) is 9.90 Å². The SMILES string of the molecule is COc1ccc2ncc(Cl)c([C@H](N)CCC3CCN(CCSC4CC4)CC3C(=O)O)c2c1. The van der Waals surface area contributed by atoms with E-state index in [-0.39, 0.29) is 17.9 Å². The Bertz CT molecular complexity index is 955. The number of nitrogens with two attached hydrogens (primary N) is 1. The second-order valence-electron chi connectivity index (χ2n) is 8.95. The van der Waals surface area contributed by atoms with Crippen molar-refractivity contribution in [2.45, 2.75) is 43.4 Å². The fourth-order valence-electron chi connectivity index (χ4n) is 4.69. The fraction of sp³-hybridized carbons (Fsp3) is 0.583. The molecule has 2 heterocycles. The summed E-state index contributed by atoms with van der Waals surface area (Å²) in [7, 11) is 1.63. The van der Waals surface area contributed by atoms with Crippen molar-refractivity contribution in [1.82, 2.24) is 9.88 Å². The van der Waals surface area contributed by atoms with Gasteiger partial charge in [0, 0.05) is 41.7 Å². The van der Waals surface area contributed by atoms with Crippen LogP contribution in [0, 0.1) is 11.8 Å². The summed E-state index contributed by atoms with van der Waals surface area (Å²) < 4.78 is 5.36.